The van der Waals surface area contributed by atoms with Gasteiger partial charge in [-0.25, -0.2) is 4.39 Å². The van der Waals surface area contributed by atoms with Gasteiger partial charge in [-0.05, 0) is 36.6 Å². The molecule has 94 valence electrons. The molecule has 3 nitrogen and oxygen atoms in total. The first-order valence-corrected chi connectivity index (χ1v) is 6.12. The third-order valence-electron chi connectivity index (χ3n) is 3.22. The number of hydrogen-bond acceptors (Lipinski definition) is 2. The SMILES string of the molecule is COc1ccc(Cn2ccc(C3CC3)n2)cc1F. The fourth-order valence-electron chi connectivity index (χ4n) is 2.06. The Morgan fingerprint density at radius 1 is 1.39 bits per heavy atom. The Balaban J connectivity index is 1.76. The first-order chi connectivity index (χ1) is 8.76. The fourth-order valence-corrected chi connectivity index (χ4v) is 2.06. The summed E-state index contributed by atoms with van der Waals surface area (Å²) in [6, 6.07) is 7.06. The van der Waals surface area contributed by atoms with Crippen molar-refractivity contribution >= 4 is 0 Å². The van der Waals surface area contributed by atoms with Crippen LogP contribution in [0.25, 0.3) is 0 Å². The molecule has 1 fully saturated rings. The summed E-state index contributed by atoms with van der Waals surface area (Å²) in [7, 11) is 1.47. The molecule has 0 spiro atoms. The number of methoxy groups -OCH3 is 1. The maximum Gasteiger partial charge on any atom is 0.165 e. The molecule has 0 radical (unpaired) electrons. The van der Waals surface area contributed by atoms with Gasteiger partial charge < -0.3 is 4.74 Å². The third kappa shape index (κ3) is 2.23. The number of ether oxygens (including phenoxy) is 1. The lowest BCUT2D eigenvalue weighted by Crippen LogP contribution is -2.01. The van der Waals surface area contributed by atoms with Crippen molar-refractivity contribution in [3.05, 3.63) is 47.5 Å². The monoisotopic (exact) mass is 246 g/mol. The van der Waals surface area contributed by atoms with Crippen LogP contribution in [0.4, 0.5) is 4.39 Å². The summed E-state index contributed by atoms with van der Waals surface area (Å²) >= 11 is 0. The normalized spacial score (nSPS) is 14.8. The molecular weight excluding hydrogens is 231 g/mol. The van der Waals surface area contributed by atoms with Crippen LogP contribution in [-0.4, -0.2) is 16.9 Å². The molecule has 3 rings (SSSR count). The molecule has 1 aromatic heterocycles. The van der Waals surface area contributed by atoms with E-state index in [2.05, 4.69) is 11.2 Å². The van der Waals surface area contributed by atoms with E-state index < -0.39 is 0 Å². The third-order valence-corrected chi connectivity index (χ3v) is 3.22. The van der Waals surface area contributed by atoms with Crippen molar-refractivity contribution in [2.45, 2.75) is 25.3 Å². The molecule has 1 heterocycles. The van der Waals surface area contributed by atoms with Gasteiger partial charge in [0.1, 0.15) is 0 Å². The number of benzene rings is 1. The van der Waals surface area contributed by atoms with E-state index in [1.54, 1.807) is 6.07 Å². The highest BCUT2D eigenvalue weighted by atomic mass is 19.1. The summed E-state index contributed by atoms with van der Waals surface area (Å²) in [5, 5.41) is 4.50. The zero-order chi connectivity index (χ0) is 12.5. The van der Waals surface area contributed by atoms with Crippen molar-refractivity contribution in [3.63, 3.8) is 0 Å². The van der Waals surface area contributed by atoms with Crippen molar-refractivity contribution in [2.75, 3.05) is 7.11 Å². The lowest BCUT2D eigenvalue weighted by atomic mass is 10.2. The summed E-state index contributed by atoms with van der Waals surface area (Å²) in [4.78, 5) is 0. The molecule has 0 unspecified atom stereocenters. The van der Waals surface area contributed by atoms with Crippen molar-refractivity contribution in [1.29, 1.82) is 0 Å². The fraction of sp³-hybridized carbons (Fsp3) is 0.357. The Hall–Kier alpha value is -1.84. The second-order valence-electron chi connectivity index (χ2n) is 4.68. The number of hydrogen-bond donors (Lipinski definition) is 0. The first-order valence-electron chi connectivity index (χ1n) is 6.12. The second-order valence-corrected chi connectivity index (χ2v) is 4.68. The molecule has 1 aliphatic rings. The van der Waals surface area contributed by atoms with Crippen LogP contribution in [0.3, 0.4) is 0 Å². The Kier molecular flexibility index (Phi) is 2.78. The Bertz CT molecular complexity index is 561. The molecule has 18 heavy (non-hydrogen) atoms. The van der Waals surface area contributed by atoms with Gasteiger partial charge in [-0.1, -0.05) is 6.07 Å². The average molecular weight is 246 g/mol. The van der Waals surface area contributed by atoms with Crippen LogP contribution in [0, 0.1) is 5.82 Å². The van der Waals surface area contributed by atoms with Crippen LogP contribution in [0.1, 0.15) is 30.0 Å². The van der Waals surface area contributed by atoms with Crippen LogP contribution in [-0.2, 0) is 6.54 Å². The van der Waals surface area contributed by atoms with Crippen LogP contribution in [0.5, 0.6) is 5.75 Å². The molecule has 2 aromatic rings. The highest BCUT2D eigenvalue weighted by Gasteiger charge is 2.25. The largest absolute Gasteiger partial charge is 0.494 e. The van der Waals surface area contributed by atoms with E-state index in [0.717, 1.165) is 11.3 Å². The van der Waals surface area contributed by atoms with Gasteiger partial charge in [-0.2, -0.15) is 5.10 Å². The molecule has 4 heteroatoms. The number of nitrogens with zero attached hydrogens (tertiary/aromatic N) is 2. The van der Waals surface area contributed by atoms with E-state index in [-0.39, 0.29) is 11.6 Å². The first kappa shape index (κ1) is 11.3. The van der Waals surface area contributed by atoms with Gasteiger partial charge in [0.25, 0.3) is 0 Å². The zero-order valence-electron chi connectivity index (χ0n) is 10.3. The van der Waals surface area contributed by atoms with Gasteiger partial charge in [-0.3, -0.25) is 4.68 Å². The number of aromatic nitrogens is 2. The molecule has 1 saturated carbocycles. The summed E-state index contributed by atoms with van der Waals surface area (Å²) in [6.45, 7) is 0.591. The van der Waals surface area contributed by atoms with Crippen molar-refractivity contribution in [1.82, 2.24) is 9.78 Å². The van der Waals surface area contributed by atoms with E-state index in [9.17, 15) is 4.39 Å². The van der Waals surface area contributed by atoms with Crippen LogP contribution >= 0.6 is 0 Å². The minimum Gasteiger partial charge on any atom is -0.494 e. The van der Waals surface area contributed by atoms with E-state index in [4.69, 9.17) is 4.74 Å². The van der Waals surface area contributed by atoms with Crippen LogP contribution < -0.4 is 4.74 Å². The minimum atomic E-state index is -0.329. The highest BCUT2D eigenvalue weighted by molar-refractivity contribution is 5.29. The molecule has 0 N–H and O–H groups in total. The van der Waals surface area contributed by atoms with Crippen LogP contribution in [0.2, 0.25) is 0 Å². The molecule has 0 bridgehead atoms. The molecule has 0 atom stereocenters. The molecule has 0 amide bonds. The quantitative estimate of drug-likeness (QED) is 0.829. The Morgan fingerprint density at radius 2 is 2.22 bits per heavy atom. The maximum atomic E-state index is 13.5. The van der Waals surface area contributed by atoms with E-state index in [1.807, 2.05) is 16.9 Å². The number of rotatable bonds is 4. The van der Waals surface area contributed by atoms with Crippen molar-refractivity contribution < 1.29 is 9.13 Å². The lowest BCUT2D eigenvalue weighted by Gasteiger charge is -2.05. The van der Waals surface area contributed by atoms with E-state index in [0.29, 0.717) is 12.5 Å². The van der Waals surface area contributed by atoms with Gasteiger partial charge in [0.15, 0.2) is 11.6 Å². The summed E-state index contributed by atoms with van der Waals surface area (Å²) in [6.07, 6.45) is 4.44. The Morgan fingerprint density at radius 3 is 2.89 bits per heavy atom. The molecule has 0 saturated heterocycles. The predicted octanol–water partition coefficient (Wildman–Crippen LogP) is 2.96. The maximum absolute atomic E-state index is 13.5. The predicted molar refractivity (Wildman–Crippen MR) is 66.3 cm³/mol. The van der Waals surface area contributed by atoms with Gasteiger partial charge in [0.2, 0.25) is 0 Å². The lowest BCUT2D eigenvalue weighted by molar-refractivity contribution is 0.386. The number of halogens is 1. The molecular formula is C14H15FN2O. The van der Waals surface area contributed by atoms with Gasteiger partial charge >= 0.3 is 0 Å². The molecule has 1 aliphatic carbocycles. The molecule has 1 aromatic carbocycles. The van der Waals surface area contributed by atoms with Crippen LogP contribution in [0.15, 0.2) is 30.5 Å². The minimum absolute atomic E-state index is 0.276. The second kappa shape index (κ2) is 4.44. The van der Waals surface area contributed by atoms with Gasteiger partial charge in [-0.15, -0.1) is 0 Å². The standard InChI is InChI=1S/C14H15FN2O/c1-18-14-5-2-10(8-12(14)15)9-17-7-6-13(16-17)11-3-4-11/h2,5-8,11H,3-4,9H2,1H3. The highest BCUT2D eigenvalue weighted by Crippen LogP contribution is 2.38. The zero-order valence-corrected chi connectivity index (χ0v) is 10.3. The smallest absolute Gasteiger partial charge is 0.165 e. The summed E-state index contributed by atoms with van der Waals surface area (Å²) in [5.41, 5.74) is 2.04. The topological polar surface area (TPSA) is 27.1 Å². The molecule has 0 aliphatic heterocycles. The van der Waals surface area contributed by atoms with Crippen molar-refractivity contribution in [3.8, 4) is 5.75 Å². The Labute approximate surface area is 105 Å². The average Bonchev–Trinajstić information content (AvgIpc) is 3.11. The van der Waals surface area contributed by atoms with E-state index in [1.165, 1.54) is 26.0 Å². The van der Waals surface area contributed by atoms with E-state index >= 15 is 0 Å². The summed E-state index contributed by atoms with van der Waals surface area (Å²) < 4.78 is 20.3. The van der Waals surface area contributed by atoms with Gasteiger partial charge in [0, 0.05) is 12.1 Å². The van der Waals surface area contributed by atoms with Gasteiger partial charge in [0.05, 0.1) is 19.3 Å². The van der Waals surface area contributed by atoms with Crippen molar-refractivity contribution in [2.24, 2.45) is 0 Å². The summed E-state index contributed by atoms with van der Waals surface area (Å²) in [5.74, 6) is 0.598.